The lowest BCUT2D eigenvalue weighted by atomic mass is 9.98. The highest BCUT2D eigenvalue weighted by molar-refractivity contribution is 7.91. The molecule has 1 aromatic rings. The number of carbonyl (C=O) groups excluding carboxylic acids is 1. The fourth-order valence-electron chi connectivity index (χ4n) is 1.77. The third-order valence-corrected chi connectivity index (χ3v) is 5.12. The molecule has 3 N–H and O–H groups in total. The van der Waals surface area contributed by atoms with Crippen LogP contribution in [0, 0.1) is 0 Å². The SMILES string of the molecule is CCC(CO)(CO)NC(=O)CCS(=O)(=O)c1ccccc1. The van der Waals surface area contributed by atoms with Gasteiger partial charge in [-0.3, -0.25) is 4.79 Å². The van der Waals surface area contributed by atoms with Crippen molar-refractivity contribution in [1.29, 1.82) is 0 Å². The molecule has 0 fully saturated rings. The van der Waals surface area contributed by atoms with Crippen LogP contribution in [0.25, 0.3) is 0 Å². The first-order valence-corrected chi connectivity index (χ1v) is 8.35. The number of amides is 1. The van der Waals surface area contributed by atoms with Gasteiger partial charge in [-0.2, -0.15) is 0 Å². The molecule has 0 unspecified atom stereocenters. The number of aliphatic hydroxyl groups excluding tert-OH is 2. The maximum atomic E-state index is 12.0. The first-order chi connectivity index (χ1) is 9.89. The summed E-state index contributed by atoms with van der Waals surface area (Å²) in [6.07, 6.45) is 0.121. The molecule has 0 aliphatic carbocycles. The van der Waals surface area contributed by atoms with Crippen molar-refractivity contribution in [2.24, 2.45) is 0 Å². The molecular formula is C14H21NO5S. The maximum Gasteiger partial charge on any atom is 0.221 e. The molecule has 21 heavy (non-hydrogen) atoms. The van der Waals surface area contributed by atoms with Crippen LogP contribution in [0.15, 0.2) is 35.2 Å². The van der Waals surface area contributed by atoms with E-state index < -0.39 is 34.5 Å². The van der Waals surface area contributed by atoms with Crippen LogP contribution in [0.4, 0.5) is 0 Å². The fourth-order valence-corrected chi connectivity index (χ4v) is 3.03. The first kappa shape index (κ1) is 17.6. The molecular weight excluding hydrogens is 294 g/mol. The van der Waals surface area contributed by atoms with Gasteiger partial charge < -0.3 is 15.5 Å². The average molecular weight is 315 g/mol. The number of hydrogen-bond acceptors (Lipinski definition) is 5. The second-order valence-electron chi connectivity index (χ2n) is 4.88. The number of aliphatic hydroxyl groups is 2. The van der Waals surface area contributed by atoms with E-state index in [1.54, 1.807) is 25.1 Å². The fraction of sp³-hybridized carbons (Fsp3) is 0.500. The van der Waals surface area contributed by atoms with Gasteiger partial charge in [0, 0.05) is 6.42 Å². The lowest BCUT2D eigenvalue weighted by Crippen LogP contribution is -2.54. The molecule has 0 aliphatic rings. The van der Waals surface area contributed by atoms with Gasteiger partial charge >= 0.3 is 0 Å². The Hall–Kier alpha value is -1.44. The molecule has 1 amide bonds. The topological polar surface area (TPSA) is 104 Å². The van der Waals surface area contributed by atoms with Crippen LogP contribution < -0.4 is 5.32 Å². The van der Waals surface area contributed by atoms with Crippen LogP contribution in [0.5, 0.6) is 0 Å². The number of rotatable bonds is 8. The Labute approximate surface area is 124 Å². The largest absolute Gasteiger partial charge is 0.394 e. The minimum atomic E-state index is -3.52. The molecule has 0 saturated heterocycles. The zero-order chi connectivity index (χ0) is 15.9. The summed E-state index contributed by atoms with van der Waals surface area (Å²) in [4.78, 5) is 12.0. The van der Waals surface area contributed by atoms with Gasteiger partial charge in [-0.1, -0.05) is 25.1 Å². The summed E-state index contributed by atoms with van der Waals surface area (Å²) in [5.41, 5.74) is -1.10. The second kappa shape index (κ2) is 7.53. The van der Waals surface area contributed by atoms with Crippen molar-refractivity contribution in [3.05, 3.63) is 30.3 Å². The number of carbonyl (C=O) groups is 1. The van der Waals surface area contributed by atoms with E-state index in [4.69, 9.17) is 0 Å². The van der Waals surface area contributed by atoms with Crippen LogP contribution in [0.2, 0.25) is 0 Å². The van der Waals surface area contributed by atoms with Crippen molar-refractivity contribution < 1.29 is 23.4 Å². The highest BCUT2D eigenvalue weighted by Crippen LogP contribution is 2.12. The normalized spacial score (nSPS) is 12.1. The van der Waals surface area contributed by atoms with Crippen LogP contribution in [0.1, 0.15) is 19.8 Å². The standard InChI is InChI=1S/C14H21NO5S/c1-2-14(10-16,11-17)15-13(18)8-9-21(19,20)12-6-4-3-5-7-12/h3-7,16-17H,2,8-11H2,1H3,(H,15,18). The van der Waals surface area contributed by atoms with E-state index in [0.29, 0.717) is 6.42 Å². The summed E-state index contributed by atoms with van der Waals surface area (Å²) < 4.78 is 24.1. The molecule has 0 heterocycles. The molecule has 0 atom stereocenters. The Balaban J connectivity index is 2.65. The lowest BCUT2D eigenvalue weighted by molar-refractivity contribution is -0.124. The zero-order valence-corrected chi connectivity index (χ0v) is 12.8. The number of benzene rings is 1. The predicted molar refractivity (Wildman–Crippen MR) is 78.4 cm³/mol. The molecule has 0 radical (unpaired) electrons. The predicted octanol–water partition coefficient (Wildman–Crippen LogP) is 0.100. The number of nitrogens with one attached hydrogen (secondary N) is 1. The van der Waals surface area contributed by atoms with E-state index in [9.17, 15) is 23.4 Å². The molecule has 1 rings (SSSR count). The van der Waals surface area contributed by atoms with E-state index in [-0.39, 0.29) is 17.1 Å². The summed E-state index contributed by atoms with van der Waals surface area (Å²) in [6.45, 7) is 0.905. The summed E-state index contributed by atoms with van der Waals surface area (Å²) in [6, 6.07) is 7.90. The van der Waals surface area contributed by atoms with Crippen molar-refractivity contribution >= 4 is 15.7 Å². The van der Waals surface area contributed by atoms with Crippen LogP contribution in [-0.2, 0) is 14.6 Å². The molecule has 7 heteroatoms. The molecule has 1 aromatic carbocycles. The molecule has 118 valence electrons. The van der Waals surface area contributed by atoms with Gasteiger partial charge in [0.25, 0.3) is 0 Å². The lowest BCUT2D eigenvalue weighted by Gasteiger charge is -2.29. The highest BCUT2D eigenvalue weighted by Gasteiger charge is 2.29. The average Bonchev–Trinajstić information content (AvgIpc) is 2.52. The minimum absolute atomic E-state index is 0.170. The minimum Gasteiger partial charge on any atom is -0.394 e. The Morgan fingerprint density at radius 2 is 1.76 bits per heavy atom. The summed E-state index contributed by atoms with van der Waals surface area (Å²) in [5.74, 6) is -0.834. The van der Waals surface area contributed by atoms with Gasteiger partial charge in [-0.15, -0.1) is 0 Å². The third kappa shape index (κ3) is 4.80. The van der Waals surface area contributed by atoms with Crippen LogP contribution in [-0.4, -0.2) is 49.0 Å². The summed E-state index contributed by atoms with van der Waals surface area (Å²) in [5, 5.41) is 21.0. The van der Waals surface area contributed by atoms with E-state index >= 15 is 0 Å². The van der Waals surface area contributed by atoms with E-state index in [2.05, 4.69) is 5.32 Å². The van der Waals surface area contributed by atoms with Crippen molar-refractivity contribution in [2.75, 3.05) is 19.0 Å². The van der Waals surface area contributed by atoms with Crippen LogP contribution in [0.3, 0.4) is 0 Å². The monoisotopic (exact) mass is 315 g/mol. The summed E-state index contributed by atoms with van der Waals surface area (Å²) >= 11 is 0. The quantitative estimate of drug-likeness (QED) is 0.631. The highest BCUT2D eigenvalue weighted by atomic mass is 32.2. The van der Waals surface area contributed by atoms with Crippen molar-refractivity contribution in [3.63, 3.8) is 0 Å². The second-order valence-corrected chi connectivity index (χ2v) is 6.99. The van der Waals surface area contributed by atoms with Gasteiger partial charge in [-0.25, -0.2) is 8.42 Å². The van der Waals surface area contributed by atoms with Crippen LogP contribution >= 0.6 is 0 Å². The van der Waals surface area contributed by atoms with Crippen molar-refractivity contribution in [3.8, 4) is 0 Å². The number of sulfone groups is 1. The smallest absolute Gasteiger partial charge is 0.221 e. The zero-order valence-electron chi connectivity index (χ0n) is 11.9. The third-order valence-electron chi connectivity index (χ3n) is 3.39. The van der Waals surface area contributed by atoms with E-state index in [1.807, 2.05) is 0 Å². The molecule has 0 spiro atoms. The number of hydrogen-bond donors (Lipinski definition) is 3. The molecule has 0 bridgehead atoms. The molecule has 0 saturated carbocycles. The van der Waals surface area contributed by atoms with Gasteiger partial charge in [-0.05, 0) is 18.6 Å². The van der Waals surface area contributed by atoms with Gasteiger partial charge in [0.2, 0.25) is 5.91 Å². The molecule has 0 aliphatic heterocycles. The van der Waals surface area contributed by atoms with E-state index in [1.165, 1.54) is 12.1 Å². The maximum absolute atomic E-state index is 12.0. The van der Waals surface area contributed by atoms with Crippen molar-refractivity contribution in [2.45, 2.75) is 30.2 Å². The first-order valence-electron chi connectivity index (χ1n) is 6.69. The Kier molecular flexibility index (Phi) is 6.32. The van der Waals surface area contributed by atoms with E-state index in [0.717, 1.165) is 0 Å². The Morgan fingerprint density at radius 1 is 1.19 bits per heavy atom. The van der Waals surface area contributed by atoms with Gasteiger partial charge in [0.05, 0.1) is 29.4 Å². The van der Waals surface area contributed by atoms with Gasteiger partial charge in [0.1, 0.15) is 0 Å². The Bertz CT molecular complexity index is 544. The Morgan fingerprint density at radius 3 is 2.24 bits per heavy atom. The van der Waals surface area contributed by atoms with Gasteiger partial charge in [0.15, 0.2) is 9.84 Å². The molecule has 6 nitrogen and oxygen atoms in total. The molecule has 0 aromatic heterocycles. The van der Waals surface area contributed by atoms with Crippen molar-refractivity contribution in [1.82, 2.24) is 5.32 Å². The summed E-state index contributed by atoms with van der Waals surface area (Å²) in [7, 11) is -3.52.